The third-order valence-electron chi connectivity index (χ3n) is 11.6. The van der Waals surface area contributed by atoms with Gasteiger partial charge in [0, 0.05) is 12.0 Å². The van der Waals surface area contributed by atoms with Crippen LogP contribution < -0.4 is 10.9 Å². The van der Waals surface area contributed by atoms with Crippen molar-refractivity contribution in [3.63, 3.8) is 0 Å². The van der Waals surface area contributed by atoms with Gasteiger partial charge in [-0.15, -0.1) is 0 Å². The number of aromatic nitrogens is 2. The number of likely N-dealkylation sites (tertiary alicyclic amines) is 1. The van der Waals surface area contributed by atoms with Gasteiger partial charge < -0.3 is 19.9 Å². The van der Waals surface area contributed by atoms with Crippen LogP contribution in [0.3, 0.4) is 0 Å². The first-order chi connectivity index (χ1) is 23.4. The average molecular weight is 665 g/mol. The van der Waals surface area contributed by atoms with Crippen LogP contribution in [0.1, 0.15) is 103 Å². The Morgan fingerprint density at radius 2 is 1.96 bits per heavy atom. The van der Waals surface area contributed by atoms with Gasteiger partial charge in [-0.3, -0.25) is 9.59 Å². The van der Waals surface area contributed by atoms with Gasteiger partial charge >= 0.3 is 6.09 Å². The smallest absolute Gasteiger partial charge is 0.407 e. The maximum atomic E-state index is 13.8. The number of hydrogen-bond acceptors (Lipinski definition) is 5. The summed E-state index contributed by atoms with van der Waals surface area (Å²) in [6, 6.07) is 4.94. The minimum absolute atomic E-state index is 0.142. The summed E-state index contributed by atoms with van der Waals surface area (Å²) in [6.07, 6.45) is 19.5. The van der Waals surface area contributed by atoms with Crippen LogP contribution in [0, 0.1) is 22.7 Å². The molecule has 2 N–H and O–H groups in total. The highest BCUT2D eigenvalue weighted by molar-refractivity contribution is 5.88. The van der Waals surface area contributed by atoms with Gasteiger partial charge in [0.2, 0.25) is 5.91 Å². The Labute approximate surface area is 290 Å². The van der Waals surface area contributed by atoms with Crippen molar-refractivity contribution in [1.82, 2.24) is 20.2 Å². The number of H-pyrrole nitrogens is 1. The largest absolute Gasteiger partial charge is 0.453 e. The number of nitrogens with zero attached hydrogens (tertiary/aromatic N) is 2. The van der Waals surface area contributed by atoms with E-state index in [1.807, 2.05) is 26.0 Å². The van der Waals surface area contributed by atoms with Crippen molar-refractivity contribution in [3.8, 4) is 0 Å². The molecular formula is C41H52N4O4. The molecule has 260 valence electrons. The average Bonchev–Trinajstić information content (AvgIpc) is 3.83. The Morgan fingerprint density at radius 1 is 1.20 bits per heavy atom. The molecule has 3 fully saturated rings. The molecule has 1 aliphatic heterocycles. The molecule has 0 bridgehead atoms. The van der Waals surface area contributed by atoms with E-state index in [1.165, 1.54) is 55.9 Å². The highest BCUT2D eigenvalue weighted by atomic mass is 16.5. The highest BCUT2D eigenvalue weighted by Crippen LogP contribution is 2.63. The van der Waals surface area contributed by atoms with E-state index in [9.17, 15) is 14.4 Å². The first-order valence-corrected chi connectivity index (χ1v) is 18.0. The summed E-state index contributed by atoms with van der Waals surface area (Å²) in [4.78, 5) is 49.1. The lowest BCUT2D eigenvalue weighted by atomic mass is 9.64. The minimum atomic E-state index is -0.740. The van der Waals surface area contributed by atoms with Crippen molar-refractivity contribution in [2.75, 3.05) is 13.7 Å². The van der Waals surface area contributed by atoms with Gasteiger partial charge in [0.15, 0.2) is 0 Å². The number of carbonyl (C=O) groups excluding carboxylic acids is 2. The van der Waals surface area contributed by atoms with Crippen LogP contribution in [-0.4, -0.2) is 46.6 Å². The number of carbonyl (C=O) groups is 2. The molecule has 49 heavy (non-hydrogen) atoms. The Hall–Kier alpha value is -4.20. The summed E-state index contributed by atoms with van der Waals surface area (Å²) < 4.78 is 4.77. The fourth-order valence-electron chi connectivity index (χ4n) is 9.08. The highest BCUT2D eigenvalue weighted by Gasteiger charge is 2.52. The first-order valence-electron chi connectivity index (χ1n) is 18.0. The van der Waals surface area contributed by atoms with E-state index in [2.05, 4.69) is 74.1 Å². The van der Waals surface area contributed by atoms with Gasteiger partial charge in [-0.1, -0.05) is 87.8 Å². The zero-order chi connectivity index (χ0) is 35.1. The van der Waals surface area contributed by atoms with Gasteiger partial charge in [0.05, 0.1) is 24.1 Å². The molecule has 1 spiro atoms. The predicted molar refractivity (Wildman–Crippen MR) is 196 cm³/mol. The van der Waals surface area contributed by atoms with E-state index < -0.39 is 12.1 Å². The topological polar surface area (TPSA) is 104 Å². The van der Waals surface area contributed by atoms with E-state index >= 15 is 0 Å². The Morgan fingerprint density at radius 3 is 2.63 bits per heavy atom. The number of aromatic amines is 1. The monoisotopic (exact) mass is 664 g/mol. The summed E-state index contributed by atoms with van der Waals surface area (Å²) >= 11 is 0. The first kappa shape index (κ1) is 34.7. The number of fused-ring (bicyclic) bond motifs is 2. The molecule has 4 atom stereocenters. The van der Waals surface area contributed by atoms with Crippen LogP contribution in [0.2, 0.25) is 0 Å². The molecule has 8 heteroatoms. The Balaban J connectivity index is 1.36. The Bertz CT molecular complexity index is 1840. The molecule has 4 aliphatic rings. The normalized spacial score (nSPS) is 25.5. The van der Waals surface area contributed by atoms with Gasteiger partial charge in [0.25, 0.3) is 5.56 Å². The fourth-order valence-corrected chi connectivity index (χ4v) is 9.08. The third kappa shape index (κ3) is 6.47. The van der Waals surface area contributed by atoms with Crippen LogP contribution >= 0.6 is 0 Å². The number of benzene rings is 1. The number of alkyl carbamates (subject to hydrolysis) is 1. The number of amides is 2. The molecule has 2 amide bonds. The van der Waals surface area contributed by atoms with Crippen molar-refractivity contribution in [2.45, 2.75) is 98.1 Å². The lowest BCUT2D eigenvalue weighted by molar-refractivity contribution is -0.135. The van der Waals surface area contributed by atoms with Crippen LogP contribution in [0.25, 0.3) is 16.5 Å². The number of ether oxygens (including phenoxy) is 1. The van der Waals surface area contributed by atoms with Crippen molar-refractivity contribution in [3.05, 3.63) is 93.6 Å². The standard InChI is InChI=1S/C41H52N4O4/c1-8-12-28(21-25(2)3)40(6)19-16-29(31-23-41(24-32(31)40)17-9-10-18-41)27-14-15-33-30(22-27)37(46)44-36(42-33)34-13-11-20-45(34)38(47)35(26(4)5)43-39(48)49-7/h8,12,14-16,19,21-22,26,32,34-35H,2,9-11,13,17-18,20,23-24H2,1,3-7H3,(H,43,48)(H,42,44,46). The summed E-state index contributed by atoms with van der Waals surface area (Å²) in [7, 11) is 1.28. The molecule has 1 aromatic carbocycles. The summed E-state index contributed by atoms with van der Waals surface area (Å²) in [5.41, 5.74) is 6.73. The van der Waals surface area contributed by atoms with Crippen molar-refractivity contribution < 1.29 is 14.3 Å². The second kappa shape index (κ2) is 13.6. The lowest BCUT2D eigenvalue weighted by Gasteiger charge is -2.39. The van der Waals surface area contributed by atoms with E-state index in [4.69, 9.17) is 9.72 Å². The van der Waals surface area contributed by atoms with E-state index in [0.29, 0.717) is 41.0 Å². The van der Waals surface area contributed by atoms with Crippen molar-refractivity contribution >= 4 is 28.5 Å². The number of methoxy groups -OCH3 is 1. The third-order valence-corrected chi connectivity index (χ3v) is 11.6. The lowest BCUT2D eigenvalue weighted by Crippen LogP contribution is -2.51. The molecule has 1 saturated heterocycles. The number of allylic oxidation sites excluding steroid dienone is 9. The number of rotatable bonds is 8. The van der Waals surface area contributed by atoms with Gasteiger partial charge in [0.1, 0.15) is 11.9 Å². The van der Waals surface area contributed by atoms with Gasteiger partial charge in [-0.2, -0.15) is 0 Å². The maximum Gasteiger partial charge on any atom is 0.407 e. The Kier molecular flexibility index (Phi) is 9.62. The predicted octanol–water partition coefficient (Wildman–Crippen LogP) is 8.35. The van der Waals surface area contributed by atoms with Gasteiger partial charge in [-0.05, 0) is 98.5 Å². The van der Waals surface area contributed by atoms with E-state index in [0.717, 1.165) is 24.0 Å². The van der Waals surface area contributed by atoms with Crippen LogP contribution in [0.5, 0.6) is 0 Å². The van der Waals surface area contributed by atoms with Crippen LogP contribution in [-0.2, 0) is 9.53 Å². The molecule has 3 aliphatic carbocycles. The van der Waals surface area contributed by atoms with Crippen molar-refractivity contribution in [2.24, 2.45) is 22.7 Å². The quantitative estimate of drug-likeness (QED) is 0.276. The molecule has 0 radical (unpaired) electrons. The zero-order valence-corrected chi connectivity index (χ0v) is 30.0. The minimum Gasteiger partial charge on any atom is -0.453 e. The summed E-state index contributed by atoms with van der Waals surface area (Å²) in [5.74, 6) is 0.507. The number of hydrogen-bond donors (Lipinski definition) is 2. The second-order valence-corrected chi connectivity index (χ2v) is 15.4. The molecule has 4 unspecified atom stereocenters. The van der Waals surface area contributed by atoms with Gasteiger partial charge in [-0.25, -0.2) is 9.78 Å². The fraction of sp³-hybridized carbons (Fsp3) is 0.512. The molecule has 6 rings (SSSR count). The molecule has 1 aromatic heterocycles. The van der Waals surface area contributed by atoms with E-state index in [-0.39, 0.29) is 28.8 Å². The second-order valence-electron chi connectivity index (χ2n) is 15.4. The molecular weight excluding hydrogens is 612 g/mol. The summed E-state index contributed by atoms with van der Waals surface area (Å²) in [5, 5.41) is 3.23. The molecule has 2 heterocycles. The van der Waals surface area contributed by atoms with Crippen molar-refractivity contribution in [1.29, 1.82) is 0 Å². The van der Waals surface area contributed by atoms with Crippen LogP contribution in [0.4, 0.5) is 4.79 Å². The number of nitrogens with one attached hydrogen (secondary N) is 2. The SMILES string of the molecule is C=C(C)C=C(C=CC)C1(C)C=CC(c2ccc3nc(C4CCCN4C(=O)C(NC(=O)OC)C(C)C)[nH]c(=O)c3c2)=C2CC3(CCCC3)CC21. The van der Waals surface area contributed by atoms with Crippen LogP contribution in [0.15, 0.2) is 76.7 Å². The van der Waals surface area contributed by atoms with E-state index in [1.54, 1.807) is 4.90 Å². The molecule has 8 nitrogen and oxygen atoms in total. The molecule has 2 aromatic rings. The maximum absolute atomic E-state index is 13.8. The molecule has 2 saturated carbocycles. The zero-order valence-electron chi connectivity index (χ0n) is 30.0. The summed E-state index contributed by atoms with van der Waals surface area (Å²) in [6.45, 7) is 15.0.